The molecule has 1 fully saturated rings. The summed E-state index contributed by atoms with van der Waals surface area (Å²) < 4.78 is 0. The molecule has 1 saturated heterocycles. The fraction of sp³-hybridized carbons (Fsp3) is 0.643. The minimum atomic E-state index is -0.503. The zero-order valence-electron chi connectivity index (χ0n) is 11.8. The lowest BCUT2D eigenvalue weighted by Gasteiger charge is -2.47. The Hall–Kier alpha value is -1.54. The molecule has 0 radical (unpaired) electrons. The first-order valence-electron chi connectivity index (χ1n) is 6.78. The Morgan fingerprint density at radius 2 is 2.10 bits per heavy atom. The van der Waals surface area contributed by atoms with Crippen molar-refractivity contribution in [1.82, 2.24) is 4.90 Å². The van der Waals surface area contributed by atoms with Crippen molar-refractivity contribution in [2.45, 2.75) is 32.7 Å². The number of hydrogen-bond donors (Lipinski definition) is 2. The van der Waals surface area contributed by atoms with Crippen LogP contribution < -0.4 is 5.73 Å². The molecule has 0 aromatic heterocycles. The number of nitrogens with one attached hydrogen (secondary N) is 1. The highest BCUT2D eigenvalue weighted by molar-refractivity contribution is 7.80. The number of thiocarbonyl (C=S) groups is 1. The summed E-state index contributed by atoms with van der Waals surface area (Å²) >= 11 is 5.23. The van der Waals surface area contributed by atoms with Crippen LogP contribution in [0.5, 0.6) is 0 Å². The molecule has 2 rings (SSSR count). The van der Waals surface area contributed by atoms with E-state index < -0.39 is 11.3 Å². The average Bonchev–Trinajstić information content (AvgIpc) is 2.39. The highest BCUT2D eigenvalue weighted by Crippen LogP contribution is 2.47. The SMILES string of the molecule is CC(C)N1CCC2(CC1)C(=C=N)C(=S)N=C(N)C2C#N. The van der Waals surface area contributed by atoms with Crippen molar-refractivity contribution in [1.29, 1.82) is 10.7 Å². The molecule has 2 heterocycles. The summed E-state index contributed by atoms with van der Waals surface area (Å²) in [5.74, 6) is 2.22. The zero-order chi connectivity index (χ0) is 14.9. The average molecular weight is 289 g/mol. The van der Waals surface area contributed by atoms with Crippen LogP contribution in [0, 0.1) is 28.1 Å². The van der Waals surface area contributed by atoms with Gasteiger partial charge in [0.25, 0.3) is 0 Å². The van der Waals surface area contributed by atoms with Crippen molar-refractivity contribution in [2.24, 2.45) is 22.1 Å². The van der Waals surface area contributed by atoms with Crippen LogP contribution in [0.1, 0.15) is 26.7 Å². The Balaban J connectivity index is 2.42. The smallest absolute Gasteiger partial charge is 0.141 e. The van der Waals surface area contributed by atoms with E-state index in [9.17, 15) is 5.26 Å². The zero-order valence-corrected chi connectivity index (χ0v) is 12.6. The summed E-state index contributed by atoms with van der Waals surface area (Å²) in [6.45, 7) is 6.07. The highest BCUT2D eigenvalue weighted by atomic mass is 32.1. The molecule has 106 valence electrons. The largest absolute Gasteiger partial charge is 0.386 e. The molecule has 0 aliphatic carbocycles. The van der Waals surface area contributed by atoms with Gasteiger partial charge in [0.1, 0.15) is 16.7 Å². The van der Waals surface area contributed by atoms with E-state index in [0.717, 1.165) is 25.9 Å². The molecule has 0 aromatic carbocycles. The van der Waals surface area contributed by atoms with Gasteiger partial charge in [-0.05, 0) is 45.6 Å². The molecule has 20 heavy (non-hydrogen) atoms. The van der Waals surface area contributed by atoms with E-state index in [2.05, 4.69) is 35.7 Å². The predicted octanol–water partition coefficient (Wildman–Crippen LogP) is 1.49. The van der Waals surface area contributed by atoms with Gasteiger partial charge in [-0.2, -0.15) is 5.26 Å². The van der Waals surface area contributed by atoms with E-state index in [-0.39, 0.29) is 5.84 Å². The maximum atomic E-state index is 9.48. The van der Waals surface area contributed by atoms with Crippen molar-refractivity contribution < 1.29 is 0 Å². The molecule has 0 amide bonds. The molecule has 1 spiro atoms. The van der Waals surface area contributed by atoms with Crippen molar-refractivity contribution in [3.63, 3.8) is 0 Å². The molecule has 1 atom stereocenters. The van der Waals surface area contributed by atoms with E-state index in [1.54, 1.807) is 0 Å². The van der Waals surface area contributed by atoms with Crippen LogP contribution in [-0.2, 0) is 0 Å². The Morgan fingerprint density at radius 3 is 2.55 bits per heavy atom. The minimum Gasteiger partial charge on any atom is -0.386 e. The van der Waals surface area contributed by atoms with Crippen LogP contribution >= 0.6 is 12.2 Å². The number of aliphatic imine (C=N–C) groups is 1. The standard InChI is InChI=1S/C14H19N5S/c1-9(2)19-5-3-14(4-6-19)10(7-15)12(17)18-13(20)11(14)8-16/h9-10,16H,3-6H2,1-2H3,(H2,17,18,20). The molecule has 2 aliphatic rings. The second-order valence-corrected chi connectivity index (χ2v) is 6.08. The molecule has 2 aliphatic heterocycles. The molecule has 0 bridgehead atoms. The summed E-state index contributed by atoms with van der Waals surface area (Å²) in [6.07, 6.45) is 1.53. The van der Waals surface area contributed by atoms with Gasteiger partial charge in [0.15, 0.2) is 0 Å². The van der Waals surface area contributed by atoms with Crippen LogP contribution in [0.3, 0.4) is 0 Å². The fourth-order valence-corrected chi connectivity index (χ4v) is 3.58. The monoisotopic (exact) mass is 289 g/mol. The number of likely N-dealkylation sites (tertiary alicyclic amines) is 1. The summed E-state index contributed by atoms with van der Waals surface area (Å²) in [6, 6.07) is 2.74. The first-order valence-corrected chi connectivity index (χ1v) is 7.19. The van der Waals surface area contributed by atoms with Gasteiger partial charge in [0.2, 0.25) is 0 Å². The van der Waals surface area contributed by atoms with E-state index in [4.69, 9.17) is 23.4 Å². The third-order valence-electron chi connectivity index (χ3n) is 4.47. The van der Waals surface area contributed by atoms with Gasteiger partial charge in [0.05, 0.1) is 11.6 Å². The number of amidine groups is 1. The molecular formula is C14H19N5S. The maximum Gasteiger partial charge on any atom is 0.141 e. The van der Waals surface area contributed by atoms with Gasteiger partial charge in [-0.15, -0.1) is 0 Å². The molecule has 0 aromatic rings. The van der Waals surface area contributed by atoms with Crippen molar-refractivity contribution in [2.75, 3.05) is 13.1 Å². The number of piperidine rings is 1. The van der Waals surface area contributed by atoms with Crippen LogP contribution in [0.25, 0.3) is 0 Å². The Bertz CT molecular complexity index is 542. The number of nitrogens with two attached hydrogens (primary N) is 1. The van der Waals surface area contributed by atoms with Gasteiger partial charge in [-0.3, -0.25) is 5.41 Å². The number of rotatable bonds is 1. The lowest BCUT2D eigenvalue weighted by Crippen LogP contribution is -2.53. The van der Waals surface area contributed by atoms with E-state index in [1.165, 1.54) is 0 Å². The fourth-order valence-electron chi connectivity index (χ4n) is 3.22. The summed E-state index contributed by atoms with van der Waals surface area (Å²) in [7, 11) is 0. The van der Waals surface area contributed by atoms with Gasteiger partial charge in [0, 0.05) is 11.5 Å². The maximum absolute atomic E-state index is 9.48. The van der Waals surface area contributed by atoms with Crippen molar-refractivity contribution in [3.05, 3.63) is 5.57 Å². The van der Waals surface area contributed by atoms with Gasteiger partial charge >= 0.3 is 0 Å². The minimum absolute atomic E-state index is 0.287. The first kappa shape index (κ1) is 14.9. The van der Waals surface area contributed by atoms with Gasteiger partial charge in [-0.25, -0.2) is 4.99 Å². The molecule has 6 heteroatoms. The number of nitriles is 1. The van der Waals surface area contributed by atoms with Crippen LogP contribution in [-0.4, -0.2) is 40.7 Å². The highest BCUT2D eigenvalue weighted by Gasteiger charge is 2.50. The second-order valence-electron chi connectivity index (χ2n) is 5.69. The Labute approximate surface area is 124 Å². The van der Waals surface area contributed by atoms with Gasteiger partial charge in [-0.1, -0.05) is 12.2 Å². The van der Waals surface area contributed by atoms with Crippen LogP contribution in [0.2, 0.25) is 0 Å². The second kappa shape index (κ2) is 5.45. The third-order valence-corrected chi connectivity index (χ3v) is 4.76. The van der Waals surface area contributed by atoms with Crippen molar-refractivity contribution in [3.8, 4) is 6.07 Å². The molecule has 0 saturated carbocycles. The Morgan fingerprint density at radius 1 is 1.50 bits per heavy atom. The summed E-state index contributed by atoms with van der Waals surface area (Å²) in [5, 5.41) is 17.0. The molecule has 1 unspecified atom stereocenters. The third kappa shape index (κ3) is 2.18. The number of nitrogens with zero attached hydrogens (tertiary/aromatic N) is 3. The molecule has 3 N–H and O–H groups in total. The van der Waals surface area contributed by atoms with E-state index in [1.807, 2.05) is 0 Å². The lowest BCUT2D eigenvalue weighted by atomic mass is 9.63. The quantitative estimate of drug-likeness (QED) is 0.435. The van der Waals surface area contributed by atoms with Crippen molar-refractivity contribution >= 4 is 28.9 Å². The summed E-state index contributed by atoms with van der Waals surface area (Å²) in [5.41, 5.74) is 6.02. The topological polar surface area (TPSA) is 89.3 Å². The van der Waals surface area contributed by atoms with E-state index >= 15 is 0 Å². The van der Waals surface area contributed by atoms with Crippen LogP contribution in [0.15, 0.2) is 10.6 Å². The number of hydrogen-bond acceptors (Lipinski definition) is 5. The predicted molar refractivity (Wildman–Crippen MR) is 82.9 cm³/mol. The first-order chi connectivity index (χ1) is 9.46. The lowest BCUT2D eigenvalue weighted by molar-refractivity contribution is 0.0989. The van der Waals surface area contributed by atoms with Crippen LogP contribution in [0.4, 0.5) is 0 Å². The molecule has 5 nitrogen and oxygen atoms in total. The Kier molecular flexibility index (Phi) is 4.05. The summed E-state index contributed by atoms with van der Waals surface area (Å²) in [4.78, 5) is 6.75. The molecular weight excluding hydrogens is 270 g/mol. The van der Waals surface area contributed by atoms with Gasteiger partial charge < -0.3 is 10.6 Å². The normalized spacial score (nSPS) is 26.3. The van der Waals surface area contributed by atoms with E-state index in [0.29, 0.717) is 16.6 Å².